The molecule has 2 rings (SSSR count). The molecule has 1 saturated carbocycles. The van der Waals surface area contributed by atoms with E-state index in [0.29, 0.717) is 11.5 Å². The molecule has 1 heterocycles. The van der Waals surface area contributed by atoms with Gasteiger partial charge in [0.1, 0.15) is 0 Å². The van der Waals surface area contributed by atoms with Crippen molar-refractivity contribution in [3.63, 3.8) is 0 Å². The maximum Gasteiger partial charge on any atom is 0.0581 e. The van der Waals surface area contributed by atoms with Gasteiger partial charge in [0.05, 0.1) is 6.10 Å². The standard InChI is InChI=1S/C12H23NO/c1-12(6-5-10(8-12)13-2)9-11-4-3-7-14-11/h10-11,13H,3-9H2,1-2H3. The zero-order valence-electron chi connectivity index (χ0n) is 9.51. The Morgan fingerprint density at radius 2 is 2.29 bits per heavy atom. The van der Waals surface area contributed by atoms with Crippen LogP contribution in [-0.4, -0.2) is 25.8 Å². The summed E-state index contributed by atoms with van der Waals surface area (Å²) >= 11 is 0. The fraction of sp³-hybridized carbons (Fsp3) is 1.00. The molecule has 2 fully saturated rings. The Morgan fingerprint density at radius 3 is 2.86 bits per heavy atom. The first-order valence-electron chi connectivity index (χ1n) is 6.01. The Bertz CT molecular complexity index is 189. The van der Waals surface area contributed by atoms with Gasteiger partial charge in [0.2, 0.25) is 0 Å². The number of rotatable bonds is 3. The highest BCUT2D eigenvalue weighted by Gasteiger charge is 2.37. The van der Waals surface area contributed by atoms with Gasteiger partial charge in [-0.3, -0.25) is 0 Å². The highest BCUT2D eigenvalue weighted by molar-refractivity contribution is 4.91. The maximum atomic E-state index is 5.73. The van der Waals surface area contributed by atoms with Gasteiger partial charge in [-0.05, 0) is 51.0 Å². The normalized spacial score (nSPS) is 43.3. The van der Waals surface area contributed by atoms with Crippen molar-refractivity contribution >= 4 is 0 Å². The summed E-state index contributed by atoms with van der Waals surface area (Å²) in [7, 11) is 2.09. The van der Waals surface area contributed by atoms with Crippen molar-refractivity contribution in [1.82, 2.24) is 5.32 Å². The lowest BCUT2D eigenvalue weighted by Gasteiger charge is -2.27. The molecule has 82 valence electrons. The van der Waals surface area contributed by atoms with Crippen molar-refractivity contribution in [2.45, 2.75) is 57.6 Å². The minimum Gasteiger partial charge on any atom is -0.378 e. The third-order valence-electron chi connectivity index (χ3n) is 3.99. The van der Waals surface area contributed by atoms with Gasteiger partial charge in [0.15, 0.2) is 0 Å². The Morgan fingerprint density at radius 1 is 1.43 bits per heavy atom. The van der Waals surface area contributed by atoms with E-state index in [4.69, 9.17) is 4.74 Å². The molecule has 2 nitrogen and oxygen atoms in total. The predicted octanol–water partition coefficient (Wildman–Crippen LogP) is 2.33. The van der Waals surface area contributed by atoms with Crippen LogP contribution in [-0.2, 0) is 4.74 Å². The molecule has 0 amide bonds. The van der Waals surface area contributed by atoms with E-state index in [0.717, 1.165) is 12.6 Å². The quantitative estimate of drug-likeness (QED) is 0.750. The molecule has 0 aromatic rings. The van der Waals surface area contributed by atoms with Crippen LogP contribution in [0.25, 0.3) is 0 Å². The molecule has 0 aromatic heterocycles. The summed E-state index contributed by atoms with van der Waals surface area (Å²) in [6, 6.07) is 0.751. The summed E-state index contributed by atoms with van der Waals surface area (Å²) in [4.78, 5) is 0. The van der Waals surface area contributed by atoms with Crippen molar-refractivity contribution in [3.8, 4) is 0 Å². The molecule has 3 atom stereocenters. The molecule has 1 aliphatic carbocycles. The fourth-order valence-electron chi connectivity index (χ4n) is 3.11. The van der Waals surface area contributed by atoms with Crippen LogP contribution in [0.3, 0.4) is 0 Å². The minimum atomic E-state index is 0.544. The van der Waals surface area contributed by atoms with Crippen LogP contribution >= 0.6 is 0 Å². The average Bonchev–Trinajstić information content (AvgIpc) is 2.76. The van der Waals surface area contributed by atoms with Crippen LogP contribution in [0, 0.1) is 5.41 Å². The molecule has 0 radical (unpaired) electrons. The lowest BCUT2D eigenvalue weighted by molar-refractivity contribution is 0.0674. The van der Waals surface area contributed by atoms with Crippen molar-refractivity contribution < 1.29 is 4.74 Å². The molecule has 2 aliphatic rings. The third kappa shape index (κ3) is 2.29. The first-order valence-corrected chi connectivity index (χ1v) is 6.01. The monoisotopic (exact) mass is 197 g/mol. The minimum absolute atomic E-state index is 0.544. The van der Waals surface area contributed by atoms with Crippen LogP contribution in [0.15, 0.2) is 0 Å². The second-order valence-corrected chi connectivity index (χ2v) is 5.38. The second kappa shape index (κ2) is 4.19. The van der Waals surface area contributed by atoms with Gasteiger partial charge in [-0.2, -0.15) is 0 Å². The van der Waals surface area contributed by atoms with Crippen LogP contribution in [0.2, 0.25) is 0 Å². The topological polar surface area (TPSA) is 21.3 Å². The third-order valence-corrected chi connectivity index (χ3v) is 3.99. The number of hydrogen-bond acceptors (Lipinski definition) is 2. The Balaban J connectivity index is 1.83. The van der Waals surface area contributed by atoms with Gasteiger partial charge in [-0.15, -0.1) is 0 Å². The van der Waals surface area contributed by atoms with Gasteiger partial charge in [-0.1, -0.05) is 6.92 Å². The van der Waals surface area contributed by atoms with Crippen molar-refractivity contribution in [2.24, 2.45) is 5.41 Å². The van der Waals surface area contributed by atoms with Crippen LogP contribution in [0.5, 0.6) is 0 Å². The van der Waals surface area contributed by atoms with Crippen molar-refractivity contribution in [3.05, 3.63) is 0 Å². The van der Waals surface area contributed by atoms with E-state index >= 15 is 0 Å². The van der Waals surface area contributed by atoms with E-state index in [1.165, 1.54) is 38.5 Å². The SMILES string of the molecule is CNC1CCC(C)(CC2CCCO2)C1. The lowest BCUT2D eigenvalue weighted by Crippen LogP contribution is -2.26. The van der Waals surface area contributed by atoms with E-state index in [-0.39, 0.29) is 0 Å². The van der Waals surface area contributed by atoms with Gasteiger partial charge in [0, 0.05) is 12.6 Å². The molecule has 0 aromatic carbocycles. The van der Waals surface area contributed by atoms with E-state index < -0.39 is 0 Å². The summed E-state index contributed by atoms with van der Waals surface area (Å²) in [6.07, 6.45) is 8.47. The highest BCUT2D eigenvalue weighted by Crippen LogP contribution is 2.43. The zero-order chi connectivity index (χ0) is 10.0. The number of nitrogens with one attached hydrogen (secondary N) is 1. The van der Waals surface area contributed by atoms with Crippen LogP contribution in [0.4, 0.5) is 0 Å². The van der Waals surface area contributed by atoms with E-state index in [1.54, 1.807) is 0 Å². The second-order valence-electron chi connectivity index (χ2n) is 5.38. The summed E-state index contributed by atoms with van der Waals surface area (Å²) in [5.41, 5.74) is 0.544. The molecular weight excluding hydrogens is 174 g/mol. The molecule has 1 N–H and O–H groups in total. The number of hydrogen-bond donors (Lipinski definition) is 1. The largest absolute Gasteiger partial charge is 0.378 e. The Kier molecular flexibility index (Phi) is 3.13. The summed E-state index contributed by atoms with van der Waals surface area (Å²) in [6.45, 7) is 3.43. The van der Waals surface area contributed by atoms with Gasteiger partial charge in [-0.25, -0.2) is 0 Å². The van der Waals surface area contributed by atoms with Crippen LogP contribution in [0.1, 0.15) is 45.4 Å². The highest BCUT2D eigenvalue weighted by atomic mass is 16.5. The molecule has 3 unspecified atom stereocenters. The summed E-state index contributed by atoms with van der Waals surface area (Å²) in [5, 5.41) is 3.40. The molecule has 0 bridgehead atoms. The van der Waals surface area contributed by atoms with E-state index in [9.17, 15) is 0 Å². The summed E-state index contributed by atoms with van der Waals surface area (Å²) in [5.74, 6) is 0. The summed E-state index contributed by atoms with van der Waals surface area (Å²) < 4.78 is 5.73. The fourth-order valence-corrected chi connectivity index (χ4v) is 3.11. The molecular formula is C12H23NO. The lowest BCUT2D eigenvalue weighted by atomic mass is 9.82. The number of ether oxygens (including phenoxy) is 1. The van der Waals surface area contributed by atoms with Gasteiger partial charge in [0.25, 0.3) is 0 Å². The molecule has 1 aliphatic heterocycles. The first kappa shape index (κ1) is 10.4. The predicted molar refractivity (Wildman–Crippen MR) is 58.4 cm³/mol. The molecule has 0 spiro atoms. The zero-order valence-corrected chi connectivity index (χ0v) is 9.51. The Hall–Kier alpha value is -0.0800. The van der Waals surface area contributed by atoms with Crippen molar-refractivity contribution in [2.75, 3.05) is 13.7 Å². The first-order chi connectivity index (χ1) is 6.72. The smallest absolute Gasteiger partial charge is 0.0581 e. The Labute approximate surface area is 87.4 Å². The average molecular weight is 197 g/mol. The molecule has 14 heavy (non-hydrogen) atoms. The van der Waals surface area contributed by atoms with E-state index in [1.807, 2.05) is 0 Å². The van der Waals surface area contributed by atoms with Gasteiger partial charge < -0.3 is 10.1 Å². The van der Waals surface area contributed by atoms with Crippen molar-refractivity contribution in [1.29, 1.82) is 0 Å². The van der Waals surface area contributed by atoms with Crippen LogP contribution < -0.4 is 5.32 Å². The molecule has 2 heteroatoms. The molecule has 1 saturated heterocycles. The van der Waals surface area contributed by atoms with E-state index in [2.05, 4.69) is 19.3 Å². The van der Waals surface area contributed by atoms with Gasteiger partial charge >= 0.3 is 0 Å². The maximum absolute atomic E-state index is 5.73.